The number of ether oxygens (including phenoxy) is 2. The summed E-state index contributed by atoms with van der Waals surface area (Å²) in [6, 6.07) is 15.4. The molecule has 1 aliphatic rings. The van der Waals surface area contributed by atoms with Crippen LogP contribution in [-0.4, -0.2) is 73.5 Å². The number of hydrogen-bond acceptors (Lipinski definition) is 6. The highest BCUT2D eigenvalue weighted by Gasteiger charge is 2.32. The number of amides is 4. The molecule has 0 aliphatic carbocycles. The first-order valence-electron chi connectivity index (χ1n) is 11.4. The Bertz CT molecular complexity index is 982. The van der Waals surface area contributed by atoms with E-state index in [9.17, 15) is 19.2 Å². The summed E-state index contributed by atoms with van der Waals surface area (Å²) in [6.45, 7) is 1.65. The van der Waals surface area contributed by atoms with Crippen LogP contribution in [0.25, 0.3) is 0 Å². The molecule has 0 radical (unpaired) electrons. The van der Waals surface area contributed by atoms with Gasteiger partial charge in [0.15, 0.2) is 6.10 Å². The maximum atomic E-state index is 13.2. The predicted molar refractivity (Wildman–Crippen MR) is 127 cm³/mol. The largest absolute Gasteiger partial charge is 0.378 e. The van der Waals surface area contributed by atoms with Gasteiger partial charge in [-0.2, -0.15) is 0 Å². The molecule has 0 spiro atoms. The first-order chi connectivity index (χ1) is 17.0. The fourth-order valence-electron chi connectivity index (χ4n) is 3.63. The third-order valence-electron chi connectivity index (χ3n) is 5.53. The molecule has 1 aliphatic heterocycles. The molecule has 1 heterocycles. The third-order valence-corrected chi connectivity index (χ3v) is 5.53. The molecule has 3 atom stereocenters. The van der Waals surface area contributed by atoms with E-state index in [2.05, 4.69) is 10.6 Å². The van der Waals surface area contributed by atoms with Crippen molar-refractivity contribution in [1.29, 1.82) is 0 Å². The number of aldehydes is 1. The number of morpholine rings is 1. The molecule has 0 bridgehead atoms. The van der Waals surface area contributed by atoms with E-state index in [4.69, 9.17) is 15.2 Å². The van der Waals surface area contributed by atoms with Gasteiger partial charge in [-0.25, -0.2) is 4.79 Å². The van der Waals surface area contributed by atoms with Gasteiger partial charge in [0, 0.05) is 19.5 Å². The zero-order valence-electron chi connectivity index (χ0n) is 19.3. The van der Waals surface area contributed by atoms with Crippen molar-refractivity contribution in [3.8, 4) is 0 Å². The second-order valence-electron chi connectivity index (χ2n) is 8.08. The summed E-state index contributed by atoms with van der Waals surface area (Å²) in [4.78, 5) is 51.4. The van der Waals surface area contributed by atoms with E-state index in [-0.39, 0.29) is 13.0 Å². The lowest BCUT2D eigenvalue weighted by atomic mass is 10.0. The molecule has 1 saturated heterocycles. The van der Waals surface area contributed by atoms with Crippen LogP contribution in [0, 0.1) is 0 Å². The molecule has 3 rings (SSSR count). The fourth-order valence-corrected chi connectivity index (χ4v) is 3.63. The van der Waals surface area contributed by atoms with E-state index in [0.717, 1.165) is 11.1 Å². The first-order valence-corrected chi connectivity index (χ1v) is 11.4. The van der Waals surface area contributed by atoms with Crippen LogP contribution in [0.4, 0.5) is 4.79 Å². The second-order valence-corrected chi connectivity index (χ2v) is 8.08. The maximum Gasteiger partial charge on any atom is 0.318 e. The zero-order chi connectivity index (χ0) is 25.0. The van der Waals surface area contributed by atoms with Crippen molar-refractivity contribution < 1.29 is 28.7 Å². The predicted octanol–water partition coefficient (Wildman–Crippen LogP) is 0.394. The van der Waals surface area contributed by atoms with Crippen LogP contribution >= 0.6 is 0 Å². The van der Waals surface area contributed by atoms with Gasteiger partial charge in [-0.1, -0.05) is 60.7 Å². The number of nitrogens with two attached hydrogens (primary N) is 1. The van der Waals surface area contributed by atoms with Crippen LogP contribution in [0.15, 0.2) is 60.7 Å². The van der Waals surface area contributed by atoms with E-state index in [1.54, 1.807) is 17.0 Å². The number of benzene rings is 2. The van der Waals surface area contributed by atoms with Crippen molar-refractivity contribution in [1.82, 2.24) is 15.5 Å². The molecule has 35 heavy (non-hydrogen) atoms. The van der Waals surface area contributed by atoms with E-state index < -0.39 is 36.0 Å². The Morgan fingerprint density at radius 2 is 1.57 bits per heavy atom. The average molecular weight is 483 g/mol. The van der Waals surface area contributed by atoms with Crippen molar-refractivity contribution in [3.63, 3.8) is 0 Å². The Morgan fingerprint density at radius 3 is 2.14 bits per heavy atom. The number of primary amides is 1. The number of rotatable bonds is 11. The number of nitrogens with one attached hydrogen (secondary N) is 2. The SMILES string of the molecule is NC(=O)[C@@H](OCc1ccccc1)[C@@H](C=O)NC(=O)[C@H](Cc1ccccc1)NC(=O)N1CCOCC1. The highest BCUT2D eigenvalue weighted by atomic mass is 16.5. The van der Waals surface area contributed by atoms with Crippen LogP contribution in [0.1, 0.15) is 11.1 Å². The van der Waals surface area contributed by atoms with Gasteiger partial charge in [-0.3, -0.25) is 9.59 Å². The summed E-state index contributed by atoms with van der Waals surface area (Å²) in [7, 11) is 0. The summed E-state index contributed by atoms with van der Waals surface area (Å²) in [5.74, 6) is -1.53. The molecule has 2 aromatic rings. The standard InChI is InChI=1S/C25H30N4O6/c26-23(31)22(35-17-19-9-5-2-6-10-19)21(16-30)27-24(32)20(15-18-7-3-1-4-8-18)28-25(33)29-11-13-34-14-12-29/h1-10,16,20-22H,11-15,17H2,(H2,26,31)(H,27,32)(H,28,33)/t20-,21+,22-/m0/s1. The molecule has 0 unspecified atom stereocenters. The first kappa shape index (κ1) is 25.9. The average Bonchev–Trinajstić information content (AvgIpc) is 2.89. The molecule has 4 N–H and O–H groups in total. The Hall–Kier alpha value is -3.76. The normalized spacial score (nSPS) is 15.9. The van der Waals surface area contributed by atoms with Crippen molar-refractivity contribution in [2.75, 3.05) is 26.3 Å². The highest BCUT2D eigenvalue weighted by molar-refractivity contribution is 5.91. The quantitative estimate of drug-likeness (QED) is 0.396. The number of urea groups is 1. The van der Waals surface area contributed by atoms with Crippen LogP contribution in [-0.2, 0) is 36.9 Å². The molecular weight excluding hydrogens is 452 g/mol. The molecule has 0 aromatic heterocycles. The lowest BCUT2D eigenvalue weighted by molar-refractivity contribution is -0.138. The molecule has 10 nitrogen and oxygen atoms in total. The van der Waals surface area contributed by atoms with E-state index in [1.165, 1.54) is 0 Å². The van der Waals surface area contributed by atoms with E-state index in [0.29, 0.717) is 32.6 Å². The maximum absolute atomic E-state index is 13.2. The van der Waals surface area contributed by atoms with Gasteiger partial charge in [0.2, 0.25) is 11.8 Å². The van der Waals surface area contributed by atoms with Gasteiger partial charge in [0.05, 0.1) is 19.8 Å². The second kappa shape index (κ2) is 13.2. The number of nitrogens with zero attached hydrogens (tertiary/aromatic N) is 1. The third kappa shape index (κ3) is 7.90. The Morgan fingerprint density at radius 1 is 0.971 bits per heavy atom. The Labute approximate surface area is 203 Å². The number of hydrogen-bond donors (Lipinski definition) is 3. The van der Waals surface area contributed by atoms with Gasteiger partial charge >= 0.3 is 6.03 Å². The summed E-state index contributed by atoms with van der Waals surface area (Å²) in [6.07, 6.45) is -0.800. The number of carbonyl (C=O) groups is 4. The Balaban J connectivity index is 1.71. The van der Waals surface area contributed by atoms with Crippen molar-refractivity contribution in [3.05, 3.63) is 71.8 Å². The van der Waals surface area contributed by atoms with Gasteiger partial charge in [-0.05, 0) is 11.1 Å². The van der Waals surface area contributed by atoms with Crippen molar-refractivity contribution in [2.24, 2.45) is 5.73 Å². The molecule has 186 valence electrons. The molecule has 4 amide bonds. The van der Waals surface area contributed by atoms with Gasteiger partial charge < -0.3 is 35.5 Å². The molecule has 1 fully saturated rings. The van der Waals surface area contributed by atoms with Crippen LogP contribution in [0.2, 0.25) is 0 Å². The summed E-state index contributed by atoms with van der Waals surface area (Å²) in [5, 5.41) is 5.26. The molecule has 0 saturated carbocycles. The Kier molecular flexibility index (Phi) is 9.76. The zero-order valence-corrected chi connectivity index (χ0v) is 19.3. The molecule has 2 aromatic carbocycles. The lowest BCUT2D eigenvalue weighted by Gasteiger charge is -2.30. The summed E-state index contributed by atoms with van der Waals surface area (Å²) >= 11 is 0. The lowest BCUT2D eigenvalue weighted by Crippen LogP contribution is -2.58. The monoisotopic (exact) mass is 482 g/mol. The topological polar surface area (TPSA) is 140 Å². The fraction of sp³-hybridized carbons (Fsp3) is 0.360. The summed E-state index contributed by atoms with van der Waals surface area (Å²) in [5.41, 5.74) is 7.05. The van der Waals surface area contributed by atoms with Crippen LogP contribution < -0.4 is 16.4 Å². The smallest absolute Gasteiger partial charge is 0.318 e. The van der Waals surface area contributed by atoms with Crippen molar-refractivity contribution >= 4 is 24.1 Å². The van der Waals surface area contributed by atoms with E-state index in [1.807, 2.05) is 48.5 Å². The highest BCUT2D eigenvalue weighted by Crippen LogP contribution is 2.09. The van der Waals surface area contributed by atoms with Gasteiger partial charge in [0.25, 0.3) is 0 Å². The minimum Gasteiger partial charge on any atom is -0.378 e. The van der Waals surface area contributed by atoms with E-state index >= 15 is 0 Å². The van der Waals surface area contributed by atoms with Gasteiger partial charge in [0.1, 0.15) is 18.4 Å². The van der Waals surface area contributed by atoms with Crippen LogP contribution in [0.3, 0.4) is 0 Å². The summed E-state index contributed by atoms with van der Waals surface area (Å²) < 4.78 is 10.9. The minimum atomic E-state index is -1.39. The minimum absolute atomic E-state index is 0.0237. The van der Waals surface area contributed by atoms with Crippen LogP contribution in [0.5, 0.6) is 0 Å². The molecule has 10 heteroatoms. The van der Waals surface area contributed by atoms with Crippen molar-refractivity contribution in [2.45, 2.75) is 31.2 Å². The molecular formula is C25H30N4O6. The van der Waals surface area contributed by atoms with Gasteiger partial charge in [-0.15, -0.1) is 0 Å². The number of carbonyl (C=O) groups excluding carboxylic acids is 4.